The minimum Gasteiger partial charge on any atom is -0.468 e. The van der Waals surface area contributed by atoms with Crippen molar-refractivity contribution in [3.63, 3.8) is 0 Å². The van der Waals surface area contributed by atoms with E-state index in [4.69, 9.17) is 4.42 Å². The normalized spacial score (nSPS) is 29.5. The zero-order valence-electron chi connectivity index (χ0n) is 8.80. The van der Waals surface area contributed by atoms with E-state index in [-0.39, 0.29) is 11.8 Å². The smallest absolute Gasteiger partial charge is 0.159 e. The summed E-state index contributed by atoms with van der Waals surface area (Å²) in [5, 5.41) is 0. The molecule has 1 saturated heterocycles. The maximum absolute atomic E-state index is 11.9. The first-order valence-corrected chi connectivity index (χ1v) is 5.37. The summed E-state index contributed by atoms with van der Waals surface area (Å²) in [4.78, 5) is 14.0. The maximum atomic E-state index is 11.9. The molecule has 3 heteroatoms. The highest BCUT2D eigenvalue weighted by molar-refractivity contribution is 6.03. The predicted octanol–water partition coefficient (Wildman–Crippen LogP) is 1.44. The monoisotopic (exact) mass is 214 g/mol. The van der Waals surface area contributed by atoms with Crippen LogP contribution in [0.4, 0.5) is 0 Å². The molecule has 1 aliphatic carbocycles. The van der Waals surface area contributed by atoms with Crippen LogP contribution in [0.2, 0.25) is 0 Å². The maximum Gasteiger partial charge on any atom is 0.159 e. The van der Waals surface area contributed by atoms with Crippen molar-refractivity contribution in [1.82, 2.24) is 4.90 Å². The Hall–Kier alpha value is -1.09. The van der Waals surface area contributed by atoms with E-state index in [9.17, 15) is 4.79 Å². The first-order valence-electron chi connectivity index (χ1n) is 5.37. The van der Waals surface area contributed by atoms with Gasteiger partial charge in [0, 0.05) is 6.54 Å². The highest BCUT2D eigenvalue weighted by atomic mass is 16.3. The molecule has 0 N–H and O–H groups in total. The highest BCUT2D eigenvalue weighted by Gasteiger charge is 2.44. The molecular weight excluding hydrogens is 202 g/mol. The van der Waals surface area contributed by atoms with Crippen LogP contribution in [-0.2, 0) is 11.3 Å². The fraction of sp³-hybridized carbons (Fsp3) is 0.231. The zero-order chi connectivity index (χ0) is 11.0. The molecule has 1 aromatic rings. The molecule has 3 nitrogen and oxygen atoms in total. The SMILES string of the molecule is O=C([C]1[CH][CH][CH][CH]1)C1CN1Cc1ccco1. The summed E-state index contributed by atoms with van der Waals surface area (Å²) in [6, 6.07) is 3.85. The third-order valence-electron chi connectivity index (χ3n) is 2.90. The van der Waals surface area contributed by atoms with E-state index in [0.717, 1.165) is 24.8 Å². The van der Waals surface area contributed by atoms with Crippen molar-refractivity contribution < 1.29 is 9.21 Å². The van der Waals surface area contributed by atoms with Gasteiger partial charge in [-0.15, -0.1) is 0 Å². The molecule has 2 aliphatic rings. The standard InChI is InChI=1S/C13H12NO2/c15-13(10-4-1-2-5-10)12-9-14(12)8-11-6-3-7-16-11/h1-7,12H,8-9H2. The number of nitrogens with zero attached hydrogens (tertiary/aromatic N) is 1. The van der Waals surface area contributed by atoms with Crippen molar-refractivity contribution in [3.8, 4) is 0 Å². The van der Waals surface area contributed by atoms with Crippen LogP contribution in [0.25, 0.3) is 0 Å². The molecule has 2 unspecified atom stereocenters. The van der Waals surface area contributed by atoms with Gasteiger partial charge in [0.2, 0.25) is 0 Å². The molecule has 5 radical (unpaired) electrons. The number of hydrogen-bond donors (Lipinski definition) is 0. The van der Waals surface area contributed by atoms with E-state index in [1.165, 1.54) is 0 Å². The van der Waals surface area contributed by atoms with Gasteiger partial charge in [-0.05, 0) is 37.8 Å². The number of rotatable bonds is 4. The lowest BCUT2D eigenvalue weighted by Gasteiger charge is -2.05. The molecule has 1 saturated carbocycles. The Balaban J connectivity index is 1.53. The van der Waals surface area contributed by atoms with Gasteiger partial charge < -0.3 is 4.42 Å². The molecule has 2 atom stereocenters. The lowest BCUT2D eigenvalue weighted by Crippen LogP contribution is -2.19. The van der Waals surface area contributed by atoms with Crippen molar-refractivity contribution in [2.45, 2.75) is 12.6 Å². The van der Waals surface area contributed by atoms with Crippen LogP contribution in [0.3, 0.4) is 0 Å². The molecule has 1 aliphatic heterocycles. The molecule has 0 amide bonds. The van der Waals surface area contributed by atoms with E-state index in [1.807, 2.05) is 37.8 Å². The first-order chi connectivity index (χ1) is 7.84. The quantitative estimate of drug-likeness (QED) is 0.711. The van der Waals surface area contributed by atoms with Crippen molar-refractivity contribution in [2.75, 3.05) is 6.54 Å². The van der Waals surface area contributed by atoms with Gasteiger partial charge in [-0.3, -0.25) is 9.69 Å². The molecular formula is C13H12NO2. The van der Waals surface area contributed by atoms with Crippen LogP contribution in [0.5, 0.6) is 0 Å². The summed E-state index contributed by atoms with van der Waals surface area (Å²) in [7, 11) is 0. The summed E-state index contributed by atoms with van der Waals surface area (Å²) in [6.07, 6.45) is 9.18. The van der Waals surface area contributed by atoms with Crippen molar-refractivity contribution in [3.05, 3.63) is 55.8 Å². The van der Waals surface area contributed by atoms with Crippen LogP contribution in [0.15, 0.2) is 22.8 Å². The van der Waals surface area contributed by atoms with Crippen molar-refractivity contribution in [2.24, 2.45) is 0 Å². The van der Waals surface area contributed by atoms with E-state index in [2.05, 4.69) is 4.90 Å². The van der Waals surface area contributed by atoms with E-state index >= 15 is 0 Å². The van der Waals surface area contributed by atoms with Crippen LogP contribution >= 0.6 is 0 Å². The second-order valence-electron chi connectivity index (χ2n) is 4.06. The number of carbonyl (C=O) groups excluding carboxylic acids is 1. The average Bonchev–Trinajstić information content (AvgIpc) is 2.77. The molecule has 81 valence electrons. The first kappa shape index (κ1) is 10.1. The fourth-order valence-corrected chi connectivity index (χ4v) is 1.93. The molecule has 2 fully saturated rings. The summed E-state index contributed by atoms with van der Waals surface area (Å²) in [5.74, 6) is 1.95. The molecule has 0 spiro atoms. The number of hydrogen-bond acceptors (Lipinski definition) is 3. The van der Waals surface area contributed by atoms with Crippen LogP contribution in [0.1, 0.15) is 5.76 Å². The Bertz CT molecular complexity index is 365. The second-order valence-corrected chi connectivity index (χ2v) is 4.06. The molecule has 16 heavy (non-hydrogen) atoms. The lowest BCUT2D eigenvalue weighted by atomic mass is 10.0. The molecule has 3 rings (SSSR count). The number of Topliss-reactive ketones (excluding diaryl/α,β-unsaturated/α-hetero) is 1. The minimum atomic E-state index is 0.0486. The van der Waals surface area contributed by atoms with Crippen LogP contribution in [-0.4, -0.2) is 23.3 Å². The zero-order valence-corrected chi connectivity index (χ0v) is 8.80. The average molecular weight is 214 g/mol. The summed E-state index contributed by atoms with van der Waals surface area (Å²) < 4.78 is 5.25. The van der Waals surface area contributed by atoms with E-state index < -0.39 is 0 Å². The largest absolute Gasteiger partial charge is 0.468 e. The van der Waals surface area contributed by atoms with E-state index in [1.54, 1.807) is 6.26 Å². The molecule has 2 heterocycles. The summed E-state index contributed by atoms with van der Waals surface area (Å²) in [5.41, 5.74) is 0. The molecule has 0 bridgehead atoms. The van der Waals surface area contributed by atoms with Crippen molar-refractivity contribution >= 4 is 5.78 Å². The van der Waals surface area contributed by atoms with Gasteiger partial charge in [0.25, 0.3) is 0 Å². The Morgan fingerprint density at radius 3 is 2.94 bits per heavy atom. The van der Waals surface area contributed by atoms with E-state index in [0.29, 0.717) is 0 Å². The van der Waals surface area contributed by atoms with Gasteiger partial charge in [-0.1, -0.05) is 0 Å². The predicted molar refractivity (Wildman–Crippen MR) is 58.4 cm³/mol. The second kappa shape index (κ2) is 4.06. The third kappa shape index (κ3) is 1.92. The third-order valence-corrected chi connectivity index (χ3v) is 2.90. The lowest BCUT2D eigenvalue weighted by molar-refractivity contribution is -0.116. The number of ketones is 1. The van der Waals surface area contributed by atoms with Gasteiger partial charge in [-0.25, -0.2) is 0 Å². The van der Waals surface area contributed by atoms with Gasteiger partial charge in [-0.2, -0.15) is 0 Å². The van der Waals surface area contributed by atoms with Gasteiger partial charge >= 0.3 is 0 Å². The summed E-state index contributed by atoms with van der Waals surface area (Å²) in [6.45, 7) is 1.56. The summed E-state index contributed by atoms with van der Waals surface area (Å²) >= 11 is 0. The minimum absolute atomic E-state index is 0.0486. The number of furan rings is 1. The Kier molecular flexibility index (Phi) is 2.56. The topological polar surface area (TPSA) is 33.2 Å². The van der Waals surface area contributed by atoms with Gasteiger partial charge in [0.05, 0.1) is 24.8 Å². The van der Waals surface area contributed by atoms with Gasteiger partial charge in [0.1, 0.15) is 5.76 Å². The Labute approximate surface area is 95.4 Å². The van der Waals surface area contributed by atoms with Crippen LogP contribution in [0, 0.1) is 31.6 Å². The fourth-order valence-electron chi connectivity index (χ4n) is 1.93. The molecule has 1 aromatic heterocycles. The number of carbonyl (C=O) groups is 1. The molecule has 0 aromatic carbocycles. The Morgan fingerprint density at radius 1 is 1.44 bits per heavy atom. The Morgan fingerprint density at radius 2 is 2.25 bits per heavy atom. The van der Waals surface area contributed by atoms with Gasteiger partial charge in [0.15, 0.2) is 5.78 Å². The highest BCUT2D eigenvalue weighted by Crippen LogP contribution is 2.31. The van der Waals surface area contributed by atoms with Crippen molar-refractivity contribution in [1.29, 1.82) is 0 Å². The van der Waals surface area contributed by atoms with Crippen LogP contribution < -0.4 is 0 Å².